The molecular formula is C28H30N8O4. The first-order valence-electron chi connectivity index (χ1n) is 12.8. The van der Waals surface area contributed by atoms with Crippen LogP contribution in [-0.2, 0) is 6.54 Å². The van der Waals surface area contributed by atoms with Crippen LogP contribution in [0.4, 0.5) is 11.5 Å². The van der Waals surface area contributed by atoms with E-state index in [4.69, 9.17) is 19.8 Å². The fourth-order valence-corrected chi connectivity index (χ4v) is 4.15. The number of fused-ring (bicyclic) bond motifs is 1. The molecule has 1 amide bonds. The lowest BCUT2D eigenvalue weighted by molar-refractivity contribution is 0.102. The van der Waals surface area contributed by atoms with Crippen molar-refractivity contribution in [2.75, 3.05) is 38.3 Å². The molecule has 2 aromatic carbocycles. The van der Waals surface area contributed by atoms with E-state index in [2.05, 4.69) is 30.5 Å². The molecule has 0 saturated heterocycles. The van der Waals surface area contributed by atoms with Gasteiger partial charge in [0.15, 0.2) is 17.3 Å². The number of rotatable bonds is 11. The number of benzene rings is 2. The number of anilines is 2. The van der Waals surface area contributed by atoms with Crippen LogP contribution in [0.1, 0.15) is 23.7 Å². The standard InChI is InChI=1S/C28H30N8O4/c1-4-36-23-16-24(30-17-22(23)32-27(36)25-26(29)34-40-33-25)39-21-8-5-7-18(15-21)28(37)31-19-9-11-20(12-10-19)38-14-6-13-35(2)3/h5,7-12,15-17H,4,6,13-14H2,1-3H3,(H2,29,34)(H,31,37). The van der Waals surface area contributed by atoms with Gasteiger partial charge in [-0.15, -0.1) is 0 Å². The van der Waals surface area contributed by atoms with E-state index in [1.165, 1.54) is 0 Å². The molecule has 3 aromatic heterocycles. The van der Waals surface area contributed by atoms with E-state index in [1.807, 2.05) is 49.9 Å². The topological polar surface area (TPSA) is 146 Å². The smallest absolute Gasteiger partial charge is 0.255 e. The Hall–Kier alpha value is -4.97. The molecule has 0 unspecified atom stereocenters. The lowest BCUT2D eigenvalue weighted by Gasteiger charge is -2.11. The summed E-state index contributed by atoms with van der Waals surface area (Å²) in [6.07, 6.45) is 2.54. The van der Waals surface area contributed by atoms with E-state index in [0.29, 0.717) is 53.1 Å². The number of nitrogens with one attached hydrogen (secondary N) is 1. The van der Waals surface area contributed by atoms with E-state index >= 15 is 0 Å². The predicted molar refractivity (Wildman–Crippen MR) is 150 cm³/mol. The second-order valence-corrected chi connectivity index (χ2v) is 9.30. The van der Waals surface area contributed by atoms with Crippen molar-refractivity contribution in [1.29, 1.82) is 0 Å². The zero-order chi connectivity index (χ0) is 28.1. The summed E-state index contributed by atoms with van der Waals surface area (Å²) >= 11 is 0. The molecule has 0 spiro atoms. The Morgan fingerprint density at radius 3 is 2.65 bits per heavy atom. The highest BCUT2D eigenvalue weighted by atomic mass is 16.6. The monoisotopic (exact) mass is 542 g/mol. The minimum Gasteiger partial charge on any atom is -0.494 e. The zero-order valence-corrected chi connectivity index (χ0v) is 22.5. The molecular weight excluding hydrogens is 512 g/mol. The summed E-state index contributed by atoms with van der Waals surface area (Å²) in [4.78, 5) is 24.0. The van der Waals surface area contributed by atoms with Crippen LogP contribution in [0.25, 0.3) is 22.6 Å². The van der Waals surface area contributed by atoms with Crippen LogP contribution >= 0.6 is 0 Å². The van der Waals surface area contributed by atoms with Gasteiger partial charge in [-0.1, -0.05) is 6.07 Å². The van der Waals surface area contributed by atoms with Crippen LogP contribution in [0.5, 0.6) is 17.4 Å². The zero-order valence-electron chi connectivity index (χ0n) is 22.5. The summed E-state index contributed by atoms with van der Waals surface area (Å²) in [6.45, 7) is 4.17. The summed E-state index contributed by atoms with van der Waals surface area (Å²) in [5.74, 6) is 1.99. The molecule has 0 atom stereocenters. The third kappa shape index (κ3) is 6.02. The normalized spacial score (nSPS) is 11.2. The van der Waals surface area contributed by atoms with Gasteiger partial charge in [0.1, 0.15) is 17.0 Å². The fourth-order valence-electron chi connectivity index (χ4n) is 4.15. The number of carbonyl (C=O) groups excluding carboxylic acids is 1. The molecule has 12 nitrogen and oxygen atoms in total. The van der Waals surface area contributed by atoms with Crippen molar-refractivity contribution in [3.63, 3.8) is 0 Å². The Kier molecular flexibility index (Phi) is 7.87. The minimum atomic E-state index is -0.263. The van der Waals surface area contributed by atoms with Crippen molar-refractivity contribution < 1.29 is 18.9 Å². The Balaban J connectivity index is 1.26. The molecule has 40 heavy (non-hydrogen) atoms. The van der Waals surface area contributed by atoms with E-state index in [0.717, 1.165) is 24.2 Å². The van der Waals surface area contributed by atoms with Crippen molar-refractivity contribution >= 4 is 28.4 Å². The van der Waals surface area contributed by atoms with Crippen molar-refractivity contribution in [1.82, 2.24) is 29.7 Å². The molecule has 0 aliphatic heterocycles. The highest BCUT2D eigenvalue weighted by Crippen LogP contribution is 2.29. The number of hydrogen-bond donors (Lipinski definition) is 2. The number of aryl methyl sites for hydroxylation is 1. The van der Waals surface area contributed by atoms with Gasteiger partial charge in [0.25, 0.3) is 5.91 Å². The number of amides is 1. The molecule has 12 heteroatoms. The maximum absolute atomic E-state index is 12.9. The second-order valence-electron chi connectivity index (χ2n) is 9.30. The summed E-state index contributed by atoms with van der Waals surface area (Å²) in [6, 6.07) is 16.0. The van der Waals surface area contributed by atoms with Gasteiger partial charge in [0.2, 0.25) is 5.88 Å². The molecule has 0 bridgehead atoms. The Bertz CT molecular complexity index is 1610. The van der Waals surface area contributed by atoms with Crippen LogP contribution in [0.15, 0.2) is 65.4 Å². The Morgan fingerprint density at radius 2 is 1.93 bits per heavy atom. The number of pyridine rings is 1. The third-order valence-electron chi connectivity index (χ3n) is 6.10. The second kappa shape index (κ2) is 11.8. The maximum Gasteiger partial charge on any atom is 0.255 e. The first-order chi connectivity index (χ1) is 19.4. The first kappa shape index (κ1) is 26.6. The molecule has 0 saturated carbocycles. The first-order valence-corrected chi connectivity index (χ1v) is 12.8. The lowest BCUT2D eigenvalue weighted by Crippen LogP contribution is -2.15. The molecule has 0 radical (unpaired) electrons. The molecule has 206 valence electrons. The van der Waals surface area contributed by atoms with Crippen molar-refractivity contribution in [3.8, 4) is 28.9 Å². The van der Waals surface area contributed by atoms with Crippen molar-refractivity contribution in [2.45, 2.75) is 19.9 Å². The largest absolute Gasteiger partial charge is 0.494 e. The van der Waals surface area contributed by atoms with E-state index in [1.54, 1.807) is 36.5 Å². The van der Waals surface area contributed by atoms with Crippen LogP contribution < -0.4 is 20.5 Å². The number of hydrogen-bond acceptors (Lipinski definition) is 10. The summed E-state index contributed by atoms with van der Waals surface area (Å²) < 4.78 is 18.4. The van der Waals surface area contributed by atoms with Crippen molar-refractivity contribution in [3.05, 3.63) is 66.4 Å². The molecule has 3 heterocycles. The SMILES string of the molecule is CCn1c(-c2nonc2N)nc2cnc(Oc3cccc(C(=O)Nc4ccc(OCCCN(C)C)cc4)c3)cc21. The maximum atomic E-state index is 12.9. The van der Waals surface area contributed by atoms with Gasteiger partial charge in [-0.2, -0.15) is 0 Å². The highest BCUT2D eigenvalue weighted by Gasteiger charge is 2.19. The average Bonchev–Trinajstić information content (AvgIpc) is 3.54. The highest BCUT2D eigenvalue weighted by molar-refractivity contribution is 6.04. The molecule has 5 aromatic rings. The van der Waals surface area contributed by atoms with Crippen LogP contribution in [0.3, 0.4) is 0 Å². The quantitative estimate of drug-likeness (QED) is 0.229. The van der Waals surface area contributed by atoms with Gasteiger partial charge in [0.05, 0.1) is 18.3 Å². The number of ether oxygens (including phenoxy) is 2. The van der Waals surface area contributed by atoms with Crippen LogP contribution in [0.2, 0.25) is 0 Å². The number of nitrogen functional groups attached to an aromatic ring is 1. The fraction of sp³-hybridized carbons (Fsp3) is 0.250. The average molecular weight is 543 g/mol. The molecule has 0 fully saturated rings. The van der Waals surface area contributed by atoms with Gasteiger partial charge in [-0.05, 0) is 80.2 Å². The Labute approximate surface area is 230 Å². The number of nitrogens with two attached hydrogens (primary N) is 1. The van der Waals surface area contributed by atoms with Gasteiger partial charge in [-0.3, -0.25) is 4.79 Å². The molecule has 3 N–H and O–H groups in total. The van der Waals surface area contributed by atoms with Gasteiger partial charge >= 0.3 is 0 Å². The van der Waals surface area contributed by atoms with E-state index in [-0.39, 0.29) is 11.7 Å². The lowest BCUT2D eigenvalue weighted by atomic mass is 10.2. The molecule has 5 rings (SSSR count). The van der Waals surface area contributed by atoms with Crippen LogP contribution in [0, 0.1) is 0 Å². The summed E-state index contributed by atoms with van der Waals surface area (Å²) in [5, 5.41) is 10.4. The third-order valence-corrected chi connectivity index (χ3v) is 6.10. The molecule has 0 aliphatic rings. The van der Waals surface area contributed by atoms with Gasteiger partial charge in [0, 0.05) is 30.4 Å². The number of imidazole rings is 1. The Morgan fingerprint density at radius 1 is 1.10 bits per heavy atom. The summed E-state index contributed by atoms with van der Waals surface area (Å²) in [7, 11) is 4.07. The van der Waals surface area contributed by atoms with Crippen molar-refractivity contribution in [2.24, 2.45) is 0 Å². The minimum absolute atomic E-state index is 0.157. The number of carbonyl (C=O) groups is 1. The van der Waals surface area contributed by atoms with E-state index in [9.17, 15) is 4.79 Å². The van der Waals surface area contributed by atoms with Crippen LogP contribution in [-0.4, -0.2) is 62.9 Å². The van der Waals surface area contributed by atoms with Gasteiger partial charge < -0.3 is 30.0 Å². The predicted octanol–water partition coefficient (Wildman–Crippen LogP) is 4.46. The number of nitrogens with zero attached hydrogens (tertiary/aromatic N) is 6. The van der Waals surface area contributed by atoms with Gasteiger partial charge in [-0.25, -0.2) is 14.6 Å². The summed E-state index contributed by atoms with van der Waals surface area (Å²) in [5.41, 5.74) is 8.77. The number of aromatic nitrogens is 5. The van der Waals surface area contributed by atoms with E-state index < -0.39 is 0 Å². The molecule has 0 aliphatic carbocycles.